The molecule has 1 heterocycles. The van der Waals surface area contributed by atoms with E-state index in [1.165, 1.54) is 18.3 Å². The molecule has 0 bridgehead atoms. The summed E-state index contributed by atoms with van der Waals surface area (Å²) in [6.07, 6.45) is 3.95. The predicted molar refractivity (Wildman–Crippen MR) is 88.9 cm³/mol. The van der Waals surface area contributed by atoms with Crippen LogP contribution in [0.3, 0.4) is 0 Å². The predicted octanol–water partition coefficient (Wildman–Crippen LogP) is 3.61. The highest BCUT2D eigenvalue weighted by Crippen LogP contribution is 2.14. The van der Waals surface area contributed by atoms with Crippen molar-refractivity contribution in [2.45, 2.75) is 26.4 Å². The van der Waals surface area contributed by atoms with Crippen molar-refractivity contribution in [2.75, 3.05) is 5.43 Å². The second kappa shape index (κ2) is 7.88. The van der Waals surface area contributed by atoms with Crippen LogP contribution in [-0.2, 0) is 0 Å². The first-order chi connectivity index (χ1) is 11.1. The van der Waals surface area contributed by atoms with Crippen LogP contribution in [0.15, 0.2) is 47.7 Å². The molecule has 0 radical (unpaired) electrons. The van der Waals surface area contributed by atoms with Crippen molar-refractivity contribution in [1.82, 2.24) is 4.98 Å². The second-order valence-electron chi connectivity index (χ2n) is 4.93. The quantitative estimate of drug-likeness (QED) is 0.479. The van der Waals surface area contributed by atoms with E-state index in [4.69, 9.17) is 4.74 Å². The number of aromatic nitrogens is 1. The summed E-state index contributed by atoms with van der Waals surface area (Å²) in [7, 11) is 0. The second-order valence-corrected chi connectivity index (χ2v) is 4.93. The van der Waals surface area contributed by atoms with Crippen LogP contribution >= 0.6 is 0 Å². The number of hydrogen-bond acceptors (Lipinski definition) is 6. The summed E-state index contributed by atoms with van der Waals surface area (Å²) >= 11 is 0. The van der Waals surface area contributed by atoms with E-state index in [-0.39, 0.29) is 11.8 Å². The zero-order valence-corrected chi connectivity index (χ0v) is 13.0. The van der Waals surface area contributed by atoms with Crippen LogP contribution in [0.4, 0.5) is 11.5 Å². The molecule has 1 aromatic heterocycles. The first kappa shape index (κ1) is 16.4. The van der Waals surface area contributed by atoms with Crippen molar-refractivity contribution < 1.29 is 9.66 Å². The van der Waals surface area contributed by atoms with E-state index in [1.807, 2.05) is 31.2 Å². The van der Waals surface area contributed by atoms with Crippen molar-refractivity contribution in [3.05, 3.63) is 58.3 Å². The first-order valence-electron chi connectivity index (χ1n) is 7.24. The molecule has 2 aromatic rings. The molecule has 120 valence electrons. The van der Waals surface area contributed by atoms with Gasteiger partial charge in [0.15, 0.2) is 0 Å². The summed E-state index contributed by atoms with van der Waals surface area (Å²) < 4.78 is 5.70. The summed E-state index contributed by atoms with van der Waals surface area (Å²) in [4.78, 5) is 13.9. The molecule has 1 atom stereocenters. The lowest BCUT2D eigenvalue weighted by molar-refractivity contribution is -0.385. The number of hydrogen-bond donors (Lipinski definition) is 1. The molecule has 0 saturated heterocycles. The highest BCUT2D eigenvalue weighted by molar-refractivity contribution is 5.80. The third-order valence-corrected chi connectivity index (χ3v) is 3.14. The van der Waals surface area contributed by atoms with Gasteiger partial charge in [-0.1, -0.05) is 6.92 Å². The summed E-state index contributed by atoms with van der Waals surface area (Å²) in [5, 5.41) is 14.6. The zero-order valence-electron chi connectivity index (χ0n) is 13.0. The summed E-state index contributed by atoms with van der Waals surface area (Å²) in [5.41, 5.74) is 3.56. The molecular formula is C16H18N4O3. The average molecular weight is 314 g/mol. The molecule has 7 nitrogen and oxygen atoms in total. The van der Waals surface area contributed by atoms with E-state index in [9.17, 15) is 10.1 Å². The van der Waals surface area contributed by atoms with Crippen LogP contribution in [0.5, 0.6) is 5.75 Å². The molecule has 0 saturated carbocycles. The van der Waals surface area contributed by atoms with Crippen molar-refractivity contribution >= 4 is 17.7 Å². The lowest BCUT2D eigenvalue weighted by atomic mass is 10.2. The number of nitrogens with zero attached hydrogens (tertiary/aromatic N) is 3. The lowest BCUT2D eigenvalue weighted by Gasteiger charge is -2.12. The summed E-state index contributed by atoms with van der Waals surface area (Å²) in [6.45, 7) is 4.10. The Morgan fingerprint density at radius 1 is 1.35 bits per heavy atom. The Balaban J connectivity index is 1.91. The Labute approximate surface area is 134 Å². The van der Waals surface area contributed by atoms with E-state index in [0.717, 1.165) is 17.7 Å². The van der Waals surface area contributed by atoms with Gasteiger partial charge in [-0.25, -0.2) is 4.98 Å². The first-order valence-corrected chi connectivity index (χ1v) is 7.24. The highest BCUT2D eigenvalue weighted by atomic mass is 16.6. The van der Waals surface area contributed by atoms with Gasteiger partial charge >= 0.3 is 0 Å². The number of nitrogens with one attached hydrogen (secondary N) is 1. The Hall–Kier alpha value is -2.96. The number of ether oxygens (including phenoxy) is 1. The molecule has 0 aliphatic heterocycles. The van der Waals surface area contributed by atoms with Crippen LogP contribution < -0.4 is 10.2 Å². The minimum atomic E-state index is -0.497. The molecule has 23 heavy (non-hydrogen) atoms. The standard InChI is InChI=1S/C16H18N4O3/c1-3-12(2)23-15-7-4-13(5-8-15)10-18-19-16-9-6-14(11-17-16)20(21)22/h4-12H,3H2,1-2H3,(H,17,19)/b18-10-. The largest absolute Gasteiger partial charge is 0.491 e. The van der Waals surface area contributed by atoms with Crippen LogP contribution in [0.25, 0.3) is 0 Å². The maximum Gasteiger partial charge on any atom is 0.287 e. The summed E-state index contributed by atoms with van der Waals surface area (Å²) in [6, 6.07) is 10.4. The van der Waals surface area contributed by atoms with E-state index >= 15 is 0 Å². The molecular weight excluding hydrogens is 296 g/mol. The number of nitro groups is 1. The van der Waals surface area contributed by atoms with Crippen LogP contribution in [-0.4, -0.2) is 22.2 Å². The van der Waals surface area contributed by atoms with E-state index in [0.29, 0.717) is 5.82 Å². The molecule has 0 amide bonds. The number of rotatable bonds is 7. The fourth-order valence-electron chi connectivity index (χ4n) is 1.68. The normalized spacial score (nSPS) is 12.1. The Kier molecular flexibility index (Phi) is 5.62. The zero-order chi connectivity index (χ0) is 16.7. The van der Waals surface area contributed by atoms with Gasteiger partial charge in [-0.05, 0) is 49.2 Å². The van der Waals surface area contributed by atoms with Gasteiger partial charge in [-0.3, -0.25) is 15.5 Å². The topological polar surface area (TPSA) is 89.6 Å². The molecule has 7 heteroatoms. The lowest BCUT2D eigenvalue weighted by Crippen LogP contribution is -2.09. The van der Waals surface area contributed by atoms with Crippen LogP contribution in [0, 0.1) is 10.1 Å². The van der Waals surface area contributed by atoms with Gasteiger partial charge in [0.2, 0.25) is 0 Å². The van der Waals surface area contributed by atoms with Crippen LogP contribution in [0.2, 0.25) is 0 Å². The van der Waals surface area contributed by atoms with Gasteiger partial charge in [0.25, 0.3) is 5.69 Å². The fraction of sp³-hybridized carbons (Fsp3) is 0.250. The van der Waals surface area contributed by atoms with Gasteiger partial charge in [0.05, 0.1) is 17.2 Å². The number of pyridine rings is 1. The van der Waals surface area contributed by atoms with Crippen molar-refractivity contribution in [1.29, 1.82) is 0 Å². The fourth-order valence-corrected chi connectivity index (χ4v) is 1.68. The molecule has 1 unspecified atom stereocenters. The van der Waals surface area contributed by atoms with Gasteiger partial charge in [0, 0.05) is 6.07 Å². The molecule has 0 aliphatic carbocycles. The van der Waals surface area contributed by atoms with Crippen molar-refractivity contribution in [3.63, 3.8) is 0 Å². The minimum absolute atomic E-state index is 0.0589. The molecule has 0 aliphatic rings. The van der Waals surface area contributed by atoms with Gasteiger partial charge < -0.3 is 4.74 Å². The number of anilines is 1. The highest BCUT2D eigenvalue weighted by Gasteiger charge is 2.04. The van der Waals surface area contributed by atoms with Gasteiger partial charge in [0.1, 0.15) is 17.8 Å². The molecule has 0 spiro atoms. The Bertz CT molecular complexity index is 669. The Morgan fingerprint density at radius 2 is 2.09 bits per heavy atom. The van der Waals surface area contributed by atoms with Crippen LogP contribution in [0.1, 0.15) is 25.8 Å². The molecule has 0 fully saturated rings. The Morgan fingerprint density at radius 3 is 2.65 bits per heavy atom. The maximum absolute atomic E-state index is 10.5. The molecule has 1 aromatic carbocycles. The third-order valence-electron chi connectivity index (χ3n) is 3.14. The number of hydrazone groups is 1. The van der Waals surface area contributed by atoms with Crippen molar-refractivity contribution in [2.24, 2.45) is 5.10 Å². The monoisotopic (exact) mass is 314 g/mol. The number of benzene rings is 1. The SMILES string of the molecule is CCC(C)Oc1ccc(/C=N\Nc2ccc([N+](=O)[O-])cn2)cc1. The smallest absolute Gasteiger partial charge is 0.287 e. The third kappa shape index (κ3) is 5.06. The van der Waals surface area contributed by atoms with E-state index < -0.39 is 4.92 Å². The average Bonchev–Trinajstić information content (AvgIpc) is 2.57. The molecule has 2 rings (SSSR count). The van der Waals surface area contributed by atoms with E-state index in [1.54, 1.807) is 6.21 Å². The maximum atomic E-state index is 10.5. The van der Waals surface area contributed by atoms with Crippen molar-refractivity contribution in [3.8, 4) is 5.75 Å². The van der Waals surface area contributed by atoms with Gasteiger partial charge in [-0.2, -0.15) is 5.10 Å². The molecule has 1 N–H and O–H groups in total. The minimum Gasteiger partial charge on any atom is -0.491 e. The van der Waals surface area contributed by atoms with Gasteiger partial charge in [-0.15, -0.1) is 0 Å². The summed E-state index contributed by atoms with van der Waals surface area (Å²) in [5.74, 6) is 1.25. The van der Waals surface area contributed by atoms with E-state index in [2.05, 4.69) is 22.4 Å².